The number of nitrogens with zero attached hydrogens (tertiary/aromatic N) is 1. The number of ether oxygens (including phenoxy) is 1. The molecule has 1 atom stereocenters. The lowest BCUT2D eigenvalue weighted by Gasteiger charge is -2.24. The summed E-state index contributed by atoms with van der Waals surface area (Å²) in [6, 6.07) is 0. The van der Waals surface area contributed by atoms with Gasteiger partial charge in [0.05, 0.1) is 5.60 Å². The molecule has 0 amide bonds. The molecule has 0 spiro atoms. The van der Waals surface area contributed by atoms with E-state index in [1.165, 1.54) is 12.8 Å². The molecule has 3 heteroatoms. The maximum Gasteiger partial charge on any atom is 0.0789 e. The highest BCUT2D eigenvalue weighted by Gasteiger charge is 2.43. The van der Waals surface area contributed by atoms with Gasteiger partial charge in [-0.25, -0.2) is 0 Å². The van der Waals surface area contributed by atoms with Crippen LogP contribution in [0.2, 0.25) is 0 Å². The monoisotopic (exact) mass is 184 g/mol. The molecule has 0 radical (unpaired) electrons. The molecule has 0 aromatic heterocycles. The SMILES string of the molecule is COC1(C)CCN(CC2(N)CC2)C1. The highest BCUT2D eigenvalue weighted by atomic mass is 16.5. The van der Waals surface area contributed by atoms with Crippen molar-refractivity contribution < 1.29 is 4.74 Å². The second-order valence-electron chi connectivity index (χ2n) is 4.98. The van der Waals surface area contributed by atoms with E-state index in [1.54, 1.807) is 7.11 Å². The highest BCUT2D eigenvalue weighted by molar-refractivity contribution is 5.03. The standard InChI is InChI=1S/C10H20N2O/c1-9(13-2)5-6-12(7-9)8-10(11)3-4-10/h3-8,11H2,1-2H3. The van der Waals surface area contributed by atoms with Crippen molar-refractivity contribution in [3.05, 3.63) is 0 Å². The van der Waals surface area contributed by atoms with Crippen LogP contribution in [-0.4, -0.2) is 42.8 Å². The predicted octanol–water partition coefficient (Wildman–Crippen LogP) is 0.588. The average Bonchev–Trinajstić information content (AvgIpc) is 2.68. The van der Waals surface area contributed by atoms with Crippen LogP contribution in [0.15, 0.2) is 0 Å². The highest BCUT2D eigenvalue weighted by Crippen LogP contribution is 2.35. The van der Waals surface area contributed by atoms with Crippen LogP contribution in [-0.2, 0) is 4.74 Å². The molecule has 0 aromatic carbocycles. The molecule has 2 fully saturated rings. The zero-order valence-corrected chi connectivity index (χ0v) is 8.68. The van der Waals surface area contributed by atoms with E-state index in [1.807, 2.05) is 0 Å². The molecule has 0 aromatic rings. The summed E-state index contributed by atoms with van der Waals surface area (Å²) in [4.78, 5) is 2.44. The van der Waals surface area contributed by atoms with Crippen LogP contribution in [0.25, 0.3) is 0 Å². The van der Waals surface area contributed by atoms with Gasteiger partial charge in [-0.15, -0.1) is 0 Å². The molecule has 2 N–H and O–H groups in total. The summed E-state index contributed by atoms with van der Waals surface area (Å²) in [7, 11) is 1.80. The van der Waals surface area contributed by atoms with Gasteiger partial charge in [0.1, 0.15) is 0 Å². The lowest BCUT2D eigenvalue weighted by Crippen LogP contribution is -2.40. The van der Waals surface area contributed by atoms with E-state index < -0.39 is 0 Å². The number of rotatable bonds is 3. The van der Waals surface area contributed by atoms with Crippen LogP contribution < -0.4 is 5.73 Å². The van der Waals surface area contributed by atoms with E-state index in [2.05, 4.69) is 11.8 Å². The number of methoxy groups -OCH3 is 1. The second-order valence-corrected chi connectivity index (χ2v) is 4.98. The molecule has 13 heavy (non-hydrogen) atoms. The van der Waals surface area contributed by atoms with Crippen LogP contribution in [0.5, 0.6) is 0 Å². The predicted molar refractivity (Wildman–Crippen MR) is 52.6 cm³/mol. The van der Waals surface area contributed by atoms with E-state index in [0.717, 1.165) is 26.1 Å². The van der Waals surface area contributed by atoms with Crippen molar-refractivity contribution in [3.63, 3.8) is 0 Å². The smallest absolute Gasteiger partial charge is 0.0789 e. The summed E-state index contributed by atoms with van der Waals surface area (Å²) in [6.45, 7) is 5.43. The molecule has 76 valence electrons. The van der Waals surface area contributed by atoms with Crippen molar-refractivity contribution in [2.75, 3.05) is 26.7 Å². The van der Waals surface area contributed by atoms with Crippen molar-refractivity contribution in [2.45, 2.75) is 37.3 Å². The first-order valence-electron chi connectivity index (χ1n) is 5.12. The van der Waals surface area contributed by atoms with E-state index in [9.17, 15) is 0 Å². The van der Waals surface area contributed by atoms with Gasteiger partial charge < -0.3 is 10.5 Å². The Morgan fingerprint density at radius 3 is 2.54 bits per heavy atom. The number of hydrogen-bond acceptors (Lipinski definition) is 3. The quantitative estimate of drug-likeness (QED) is 0.697. The van der Waals surface area contributed by atoms with Crippen LogP contribution in [0, 0.1) is 0 Å². The molecule has 1 saturated heterocycles. The molecular formula is C10H20N2O. The van der Waals surface area contributed by atoms with Crippen molar-refractivity contribution >= 4 is 0 Å². The van der Waals surface area contributed by atoms with Crippen molar-refractivity contribution in [1.29, 1.82) is 0 Å². The minimum atomic E-state index is 0.0747. The minimum Gasteiger partial charge on any atom is -0.377 e. The third-order valence-electron chi connectivity index (χ3n) is 3.44. The second kappa shape index (κ2) is 2.94. The first-order chi connectivity index (χ1) is 6.05. The van der Waals surface area contributed by atoms with Gasteiger partial charge in [-0.3, -0.25) is 4.90 Å². The summed E-state index contributed by atoms with van der Waals surface area (Å²) < 4.78 is 5.48. The zero-order valence-electron chi connectivity index (χ0n) is 8.68. The molecule has 2 aliphatic rings. The zero-order chi connectivity index (χ0) is 9.53. The summed E-state index contributed by atoms with van der Waals surface area (Å²) >= 11 is 0. The van der Waals surface area contributed by atoms with Gasteiger partial charge in [0.15, 0.2) is 0 Å². The summed E-state index contributed by atoms with van der Waals surface area (Å²) in [5.74, 6) is 0. The Labute approximate surface area is 80.2 Å². The summed E-state index contributed by atoms with van der Waals surface area (Å²) in [5.41, 5.74) is 6.30. The number of likely N-dealkylation sites (tertiary alicyclic amines) is 1. The lowest BCUT2D eigenvalue weighted by atomic mass is 10.1. The molecule has 1 heterocycles. The molecule has 1 aliphatic carbocycles. The summed E-state index contributed by atoms with van der Waals surface area (Å²) in [6.07, 6.45) is 3.54. The van der Waals surface area contributed by atoms with E-state index in [0.29, 0.717) is 0 Å². The summed E-state index contributed by atoms with van der Waals surface area (Å²) in [5, 5.41) is 0. The lowest BCUT2D eigenvalue weighted by molar-refractivity contribution is 0.0143. The Balaban J connectivity index is 1.84. The van der Waals surface area contributed by atoms with Gasteiger partial charge in [-0.2, -0.15) is 0 Å². The molecule has 3 nitrogen and oxygen atoms in total. The molecule has 1 aliphatic heterocycles. The van der Waals surface area contributed by atoms with Crippen molar-refractivity contribution in [3.8, 4) is 0 Å². The fraction of sp³-hybridized carbons (Fsp3) is 1.00. The van der Waals surface area contributed by atoms with Crippen LogP contribution in [0.4, 0.5) is 0 Å². The first-order valence-corrected chi connectivity index (χ1v) is 5.12. The Morgan fingerprint density at radius 1 is 1.38 bits per heavy atom. The fourth-order valence-electron chi connectivity index (χ4n) is 2.09. The van der Waals surface area contributed by atoms with Crippen molar-refractivity contribution in [2.24, 2.45) is 5.73 Å². The Bertz CT molecular complexity index is 203. The Kier molecular flexibility index (Phi) is 2.13. The van der Waals surface area contributed by atoms with Crippen molar-refractivity contribution in [1.82, 2.24) is 4.90 Å². The molecule has 1 unspecified atom stereocenters. The molecule has 0 bridgehead atoms. The average molecular weight is 184 g/mol. The van der Waals surface area contributed by atoms with Gasteiger partial charge in [-0.1, -0.05) is 0 Å². The van der Waals surface area contributed by atoms with Crippen LogP contribution in [0.1, 0.15) is 26.2 Å². The topological polar surface area (TPSA) is 38.5 Å². The van der Waals surface area contributed by atoms with Gasteiger partial charge in [0, 0.05) is 32.3 Å². The molecule has 2 rings (SSSR count). The third-order valence-corrected chi connectivity index (χ3v) is 3.44. The van der Waals surface area contributed by atoms with Crippen LogP contribution >= 0.6 is 0 Å². The van der Waals surface area contributed by atoms with E-state index >= 15 is 0 Å². The largest absolute Gasteiger partial charge is 0.377 e. The van der Waals surface area contributed by atoms with Gasteiger partial charge >= 0.3 is 0 Å². The number of hydrogen-bond donors (Lipinski definition) is 1. The van der Waals surface area contributed by atoms with Gasteiger partial charge in [0.2, 0.25) is 0 Å². The fourth-order valence-corrected chi connectivity index (χ4v) is 2.09. The van der Waals surface area contributed by atoms with E-state index in [-0.39, 0.29) is 11.1 Å². The Hall–Kier alpha value is -0.120. The maximum absolute atomic E-state index is 6.07. The van der Waals surface area contributed by atoms with Gasteiger partial charge in [-0.05, 0) is 26.2 Å². The normalized spacial score (nSPS) is 38.1. The third kappa shape index (κ3) is 2.03. The molecule has 1 saturated carbocycles. The Morgan fingerprint density at radius 2 is 2.08 bits per heavy atom. The van der Waals surface area contributed by atoms with Crippen LogP contribution in [0.3, 0.4) is 0 Å². The first kappa shape index (κ1) is 9.44. The van der Waals surface area contributed by atoms with E-state index in [4.69, 9.17) is 10.5 Å². The maximum atomic E-state index is 6.07. The van der Waals surface area contributed by atoms with Gasteiger partial charge in [0.25, 0.3) is 0 Å². The minimum absolute atomic E-state index is 0.0747. The molecular weight excluding hydrogens is 164 g/mol. The number of nitrogens with two attached hydrogens (primary N) is 1.